The van der Waals surface area contributed by atoms with Crippen LogP contribution in [0, 0.1) is 0 Å². The minimum Gasteiger partial charge on any atom is -0.444 e. The number of carbonyl (C=O) groups is 2. The summed E-state index contributed by atoms with van der Waals surface area (Å²) < 4.78 is 5.05. The van der Waals surface area contributed by atoms with Gasteiger partial charge in [0.1, 0.15) is 5.60 Å². The van der Waals surface area contributed by atoms with E-state index in [0.29, 0.717) is 11.6 Å². The highest BCUT2D eigenvalue weighted by Gasteiger charge is 2.16. The van der Waals surface area contributed by atoms with E-state index in [4.69, 9.17) is 9.84 Å². The number of rotatable bonds is 6. The Morgan fingerprint density at radius 1 is 1.43 bits per heavy atom. The van der Waals surface area contributed by atoms with Crippen molar-refractivity contribution in [1.82, 2.24) is 10.3 Å². The first kappa shape index (κ1) is 17.4. The van der Waals surface area contributed by atoms with Crippen molar-refractivity contribution >= 4 is 28.5 Å². The minimum absolute atomic E-state index is 0.0247. The summed E-state index contributed by atoms with van der Waals surface area (Å²) >= 11 is 1.30. The Labute approximate surface area is 127 Å². The van der Waals surface area contributed by atoms with E-state index in [1.54, 1.807) is 26.2 Å². The number of aliphatic hydroxyl groups is 1. The summed E-state index contributed by atoms with van der Waals surface area (Å²) in [6, 6.07) is 0. The molecular formula is C13H21N3O4S. The summed E-state index contributed by atoms with van der Waals surface area (Å²) in [6.45, 7) is 5.52. The van der Waals surface area contributed by atoms with Gasteiger partial charge in [-0.15, -0.1) is 11.3 Å². The number of amides is 2. The molecule has 0 unspecified atom stereocenters. The maximum atomic E-state index is 11.7. The molecule has 3 N–H and O–H groups in total. The number of anilines is 1. The van der Waals surface area contributed by atoms with Crippen LogP contribution in [0.15, 0.2) is 5.38 Å². The summed E-state index contributed by atoms with van der Waals surface area (Å²) in [7, 11) is 0. The standard InChI is InChI=1S/C13H21N3O4S/c1-13(2,3)20-12(19)14-6-4-10(18)16-11-15-9(5-7-17)8-21-11/h8,17H,4-7H2,1-3H3,(H,14,19)(H,15,16,18). The summed E-state index contributed by atoms with van der Waals surface area (Å²) in [5, 5.41) is 16.2. The highest BCUT2D eigenvalue weighted by Crippen LogP contribution is 2.15. The first-order chi connectivity index (χ1) is 9.80. The first-order valence-corrected chi connectivity index (χ1v) is 7.50. The SMILES string of the molecule is CC(C)(C)OC(=O)NCCC(=O)Nc1nc(CCO)cs1. The average Bonchev–Trinajstić information content (AvgIpc) is 2.74. The van der Waals surface area contributed by atoms with Crippen molar-refractivity contribution in [2.24, 2.45) is 0 Å². The van der Waals surface area contributed by atoms with Gasteiger partial charge in [-0.05, 0) is 20.8 Å². The van der Waals surface area contributed by atoms with Crippen LogP contribution in [0.3, 0.4) is 0 Å². The second-order valence-electron chi connectivity index (χ2n) is 5.34. The maximum absolute atomic E-state index is 11.7. The quantitative estimate of drug-likeness (QED) is 0.739. The molecule has 0 fully saturated rings. The van der Waals surface area contributed by atoms with Gasteiger partial charge < -0.3 is 20.5 Å². The van der Waals surface area contributed by atoms with Crippen LogP contribution >= 0.6 is 11.3 Å². The lowest BCUT2D eigenvalue weighted by Crippen LogP contribution is -2.34. The lowest BCUT2D eigenvalue weighted by atomic mass is 10.2. The molecule has 0 aromatic carbocycles. The number of aliphatic hydroxyl groups excluding tert-OH is 1. The zero-order valence-electron chi connectivity index (χ0n) is 12.4. The molecule has 1 aromatic rings. The summed E-state index contributed by atoms with van der Waals surface area (Å²) in [6.07, 6.45) is 0.0514. The number of ether oxygens (including phenoxy) is 1. The van der Waals surface area contributed by atoms with Gasteiger partial charge in [0.15, 0.2) is 5.13 Å². The van der Waals surface area contributed by atoms with Crippen LogP contribution < -0.4 is 10.6 Å². The Kier molecular flexibility index (Phi) is 6.57. The van der Waals surface area contributed by atoms with Gasteiger partial charge in [-0.25, -0.2) is 9.78 Å². The molecule has 0 bridgehead atoms. The third kappa shape index (κ3) is 7.62. The van der Waals surface area contributed by atoms with Gasteiger partial charge in [-0.3, -0.25) is 4.79 Å². The zero-order valence-corrected chi connectivity index (χ0v) is 13.2. The van der Waals surface area contributed by atoms with Crippen molar-refractivity contribution in [3.8, 4) is 0 Å². The van der Waals surface area contributed by atoms with Gasteiger partial charge >= 0.3 is 6.09 Å². The monoisotopic (exact) mass is 315 g/mol. The molecule has 118 valence electrons. The molecule has 0 saturated carbocycles. The third-order valence-corrected chi connectivity index (χ3v) is 2.99. The number of aromatic nitrogens is 1. The molecule has 7 nitrogen and oxygen atoms in total. The van der Waals surface area contributed by atoms with Crippen molar-refractivity contribution in [2.45, 2.75) is 39.2 Å². The Morgan fingerprint density at radius 2 is 2.14 bits per heavy atom. The largest absolute Gasteiger partial charge is 0.444 e. The van der Waals surface area contributed by atoms with E-state index >= 15 is 0 Å². The minimum atomic E-state index is -0.559. The highest BCUT2D eigenvalue weighted by molar-refractivity contribution is 7.13. The number of thiazole rings is 1. The first-order valence-electron chi connectivity index (χ1n) is 6.62. The molecule has 0 aliphatic heterocycles. The van der Waals surface area contributed by atoms with E-state index < -0.39 is 11.7 Å². The fraction of sp³-hybridized carbons (Fsp3) is 0.615. The van der Waals surface area contributed by atoms with Crippen LogP contribution in [0.2, 0.25) is 0 Å². The lowest BCUT2D eigenvalue weighted by Gasteiger charge is -2.19. The average molecular weight is 315 g/mol. The predicted octanol–water partition coefficient (Wildman–Crippen LogP) is 1.53. The number of hydrogen-bond donors (Lipinski definition) is 3. The van der Waals surface area contributed by atoms with Crippen molar-refractivity contribution in [1.29, 1.82) is 0 Å². The molecule has 0 aliphatic carbocycles. The van der Waals surface area contributed by atoms with Crippen LogP contribution in [0.5, 0.6) is 0 Å². The van der Waals surface area contributed by atoms with E-state index in [9.17, 15) is 9.59 Å². The normalized spacial score (nSPS) is 11.0. The van der Waals surface area contributed by atoms with Crippen molar-refractivity contribution in [3.63, 3.8) is 0 Å². The van der Waals surface area contributed by atoms with Crippen molar-refractivity contribution in [3.05, 3.63) is 11.1 Å². The van der Waals surface area contributed by atoms with Gasteiger partial charge in [0.05, 0.1) is 5.69 Å². The van der Waals surface area contributed by atoms with Gasteiger partial charge in [0.25, 0.3) is 0 Å². The summed E-state index contributed by atoms with van der Waals surface area (Å²) in [5.41, 5.74) is 0.181. The van der Waals surface area contributed by atoms with E-state index in [1.165, 1.54) is 11.3 Å². The molecule has 0 spiro atoms. The third-order valence-electron chi connectivity index (χ3n) is 2.19. The molecule has 0 radical (unpaired) electrons. The molecule has 2 amide bonds. The van der Waals surface area contributed by atoms with Crippen LogP contribution in [-0.2, 0) is 16.0 Å². The van der Waals surface area contributed by atoms with Crippen LogP contribution in [0.25, 0.3) is 0 Å². The lowest BCUT2D eigenvalue weighted by molar-refractivity contribution is -0.116. The molecule has 21 heavy (non-hydrogen) atoms. The second kappa shape index (κ2) is 7.94. The predicted molar refractivity (Wildman–Crippen MR) is 80.4 cm³/mol. The summed E-state index contributed by atoms with van der Waals surface area (Å²) in [5.74, 6) is -0.240. The number of nitrogens with zero attached hydrogens (tertiary/aromatic N) is 1. The van der Waals surface area contributed by atoms with E-state index in [-0.39, 0.29) is 25.5 Å². The molecule has 1 heterocycles. The topological polar surface area (TPSA) is 101 Å². The van der Waals surface area contributed by atoms with Gasteiger partial charge in [-0.2, -0.15) is 0 Å². The molecule has 0 atom stereocenters. The molecule has 8 heteroatoms. The number of carbonyl (C=O) groups excluding carboxylic acids is 2. The number of alkyl carbamates (subject to hydrolysis) is 1. The fourth-order valence-corrected chi connectivity index (χ4v) is 2.13. The van der Waals surface area contributed by atoms with Gasteiger partial charge in [0, 0.05) is 31.4 Å². The maximum Gasteiger partial charge on any atom is 0.407 e. The smallest absolute Gasteiger partial charge is 0.407 e. The van der Waals surface area contributed by atoms with E-state index in [1.807, 2.05) is 0 Å². The number of nitrogens with one attached hydrogen (secondary N) is 2. The Bertz CT molecular complexity index is 482. The Hall–Kier alpha value is -1.67. The summed E-state index contributed by atoms with van der Waals surface area (Å²) in [4.78, 5) is 27.2. The zero-order chi connectivity index (χ0) is 15.9. The van der Waals surface area contributed by atoms with Gasteiger partial charge in [-0.1, -0.05) is 0 Å². The van der Waals surface area contributed by atoms with E-state index in [2.05, 4.69) is 15.6 Å². The molecule has 0 aliphatic rings. The molecular weight excluding hydrogens is 294 g/mol. The van der Waals surface area contributed by atoms with E-state index in [0.717, 1.165) is 5.69 Å². The molecule has 1 aromatic heterocycles. The van der Waals surface area contributed by atoms with Gasteiger partial charge in [0.2, 0.25) is 5.91 Å². The van der Waals surface area contributed by atoms with Crippen LogP contribution in [-0.4, -0.2) is 40.8 Å². The Morgan fingerprint density at radius 3 is 2.76 bits per heavy atom. The van der Waals surface area contributed by atoms with Crippen molar-refractivity contribution < 1.29 is 19.4 Å². The fourth-order valence-electron chi connectivity index (χ4n) is 1.37. The molecule has 1 rings (SSSR count). The van der Waals surface area contributed by atoms with Crippen LogP contribution in [0.1, 0.15) is 32.9 Å². The second-order valence-corrected chi connectivity index (χ2v) is 6.20. The Balaban J connectivity index is 2.26. The van der Waals surface area contributed by atoms with Crippen molar-refractivity contribution in [2.75, 3.05) is 18.5 Å². The van der Waals surface area contributed by atoms with Crippen LogP contribution in [0.4, 0.5) is 9.93 Å². The molecule has 0 saturated heterocycles. The number of hydrogen-bond acceptors (Lipinski definition) is 6. The highest BCUT2D eigenvalue weighted by atomic mass is 32.1.